The maximum absolute atomic E-state index is 12.5. The van der Waals surface area contributed by atoms with Gasteiger partial charge >= 0.3 is 5.97 Å². The number of anilines is 1. The Kier molecular flexibility index (Phi) is 5.56. The van der Waals surface area contributed by atoms with Crippen molar-refractivity contribution in [2.24, 2.45) is 5.92 Å². The second kappa shape index (κ2) is 7.88. The number of carbonyl (C=O) groups excluding carboxylic acids is 2. The van der Waals surface area contributed by atoms with Crippen molar-refractivity contribution in [2.75, 3.05) is 25.7 Å². The number of nitrogens with zero attached hydrogens (tertiary/aromatic N) is 1. The second-order valence-electron chi connectivity index (χ2n) is 6.28. The molecular formula is C20H20ClNO5. The maximum Gasteiger partial charge on any atom is 0.316 e. The van der Waals surface area contributed by atoms with Gasteiger partial charge in [0.2, 0.25) is 5.91 Å². The van der Waals surface area contributed by atoms with Gasteiger partial charge in [-0.05, 0) is 42.8 Å². The highest BCUT2D eigenvalue weighted by molar-refractivity contribution is 6.30. The van der Waals surface area contributed by atoms with E-state index < -0.39 is 11.9 Å². The smallest absolute Gasteiger partial charge is 0.316 e. The van der Waals surface area contributed by atoms with E-state index in [-0.39, 0.29) is 18.9 Å². The van der Waals surface area contributed by atoms with Crippen LogP contribution in [-0.4, -0.2) is 32.6 Å². The average Bonchev–Trinajstić information content (AvgIpc) is 3.05. The Morgan fingerprint density at radius 1 is 1.07 bits per heavy atom. The summed E-state index contributed by atoms with van der Waals surface area (Å²) in [6.45, 7) is 2.06. The van der Waals surface area contributed by atoms with Crippen molar-refractivity contribution in [1.82, 2.24) is 0 Å². The molecule has 7 heteroatoms. The molecule has 0 N–H and O–H groups in total. The van der Waals surface area contributed by atoms with Crippen LogP contribution in [0.25, 0.3) is 0 Å². The summed E-state index contributed by atoms with van der Waals surface area (Å²) in [5.41, 5.74) is 1.41. The monoisotopic (exact) mass is 389 g/mol. The van der Waals surface area contributed by atoms with Gasteiger partial charge in [0.15, 0.2) is 11.5 Å². The van der Waals surface area contributed by atoms with Gasteiger partial charge in [0.1, 0.15) is 5.75 Å². The minimum Gasteiger partial charge on any atom is -0.493 e. The summed E-state index contributed by atoms with van der Waals surface area (Å²) in [5, 5.41) is 0.572. The molecule has 0 aromatic heterocycles. The number of aryl methyl sites for hydroxylation is 1. The Morgan fingerprint density at radius 2 is 1.78 bits per heavy atom. The number of halogens is 1. The molecule has 0 spiro atoms. The highest BCUT2D eigenvalue weighted by Gasteiger charge is 2.36. The fourth-order valence-electron chi connectivity index (χ4n) is 3.03. The third-order valence-corrected chi connectivity index (χ3v) is 4.72. The van der Waals surface area contributed by atoms with Crippen molar-refractivity contribution in [2.45, 2.75) is 13.3 Å². The number of benzene rings is 2. The fraction of sp³-hybridized carbons (Fsp3) is 0.300. The second-order valence-corrected chi connectivity index (χ2v) is 6.71. The summed E-state index contributed by atoms with van der Waals surface area (Å²) in [7, 11) is 3.07. The van der Waals surface area contributed by atoms with Gasteiger partial charge in [0.25, 0.3) is 0 Å². The van der Waals surface area contributed by atoms with Crippen LogP contribution in [-0.2, 0) is 9.59 Å². The number of esters is 1. The normalized spacial score (nSPS) is 16.4. The molecule has 2 aromatic carbocycles. The highest BCUT2D eigenvalue weighted by Crippen LogP contribution is 2.34. The zero-order valence-corrected chi connectivity index (χ0v) is 16.1. The SMILES string of the molecule is COc1ccc(N2CC(C(=O)Oc3ccc(Cl)cc3C)CC2=O)cc1OC. The molecule has 3 rings (SSSR count). The predicted octanol–water partition coefficient (Wildman–Crippen LogP) is 3.62. The molecule has 0 aliphatic carbocycles. The topological polar surface area (TPSA) is 65.1 Å². The summed E-state index contributed by atoms with van der Waals surface area (Å²) >= 11 is 5.92. The average molecular weight is 390 g/mol. The Balaban J connectivity index is 1.74. The van der Waals surface area contributed by atoms with Gasteiger partial charge in [0.05, 0.1) is 20.1 Å². The van der Waals surface area contributed by atoms with Crippen LogP contribution in [0.1, 0.15) is 12.0 Å². The number of amides is 1. The summed E-state index contributed by atoms with van der Waals surface area (Å²) in [6, 6.07) is 10.2. The Labute approximate surface area is 162 Å². The summed E-state index contributed by atoms with van der Waals surface area (Å²) < 4.78 is 16.0. The van der Waals surface area contributed by atoms with Gasteiger partial charge in [0, 0.05) is 29.7 Å². The van der Waals surface area contributed by atoms with E-state index in [1.165, 1.54) is 7.11 Å². The molecule has 1 saturated heterocycles. The zero-order valence-electron chi connectivity index (χ0n) is 15.3. The van der Waals surface area contributed by atoms with E-state index in [9.17, 15) is 9.59 Å². The van der Waals surface area contributed by atoms with E-state index in [2.05, 4.69) is 0 Å². The first-order valence-corrected chi connectivity index (χ1v) is 8.81. The third kappa shape index (κ3) is 4.01. The van der Waals surface area contributed by atoms with Gasteiger partial charge in [-0.15, -0.1) is 0 Å². The van der Waals surface area contributed by atoms with Gasteiger partial charge in [-0.1, -0.05) is 11.6 Å². The zero-order chi connectivity index (χ0) is 19.6. The van der Waals surface area contributed by atoms with E-state index in [1.807, 2.05) is 6.92 Å². The van der Waals surface area contributed by atoms with E-state index in [0.29, 0.717) is 28.0 Å². The van der Waals surface area contributed by atoms with Gasteiger partial charge < -0.3 is 19.1 Å². The fourth-order valence-corrected chi connectivity index (χ4v) is 3.25. The van der Waals surface area contributed by atoms with E-state index in [0.717, 1.165) is 5.56 Å². The van der Waals surface area contributed by atoms with Crippen molar-refractivity contribution in [1.29, 1.82) is 0 Å². The van der Waals surface area contributed by atoms with Crippen molar-refractivity contribution in [3.63, 3.8) is 0 Å². The molecule has 0 bridgehead atoms. The van der Waals surface area contributed by atoms with Crippen LogP contribution < -0.4 is 19.1 Å². The minimum absolute atomic E-state index is 0.0970. The van der Waals surface area contributed by atoms with Crippen molar-refractivity contribution in [3.8, 4) is 17.2 Å². The lowest BCUT2D eigenvalue weighted by molar-refractivity contribution is -0.139. The molecule has 2 aromatic rings. The number of rotatable bonds is 5. The predicted molar refractivity (Wildman–Crippen MR) is 102 cm³/mol. The maximum atomic E-state index is 12.5. The van der Waals surface area contributed by atoms with Crippen LogP contribution in [0.2, 0.25) is 5.02 Å². The summed E-state index contributed by atoms with van der Waals surface area (Å²) in [4.78, 5) is 26.5. The van der Waals surface area contributed by atoms with Crippen LogP contribution >= 0.6 is 11.6 Å². The molecular weight excluding hydrogens is 370 g/mol. The standard InChI is InChI=1S/C20H20ClNO5/c1-12-8-14(21)4-6-16(12)27-20(24)13-9-19(23)22(11-13)15-5-7-17(25-2)18(10-15)26-3/h4-8,10,13H,9,11H2,1-3H3. The third-order valence-electron chi connectivity index (χ3n) is 4.48. The lowest BCUT2D eigenvalue weighted by Crippen LogP contribution is -2.27. The minimum atomic E-state index is -0.541. The molecule has 1 aliphatic rings. The molecule has 1 fully saturated rings. The molecule has 1 aliphatic heterocycles. The van der Waals surface area contributed by atoms with Crippen molar-refractivity contribution < 1.29 is 23.8 Å². The van der Waals surface area contributed by atoms with Gasteiger partial charge in [-0.3, -0.25) is 9.59 Å². The largest absolute Gasteiger partial charge is 0.493 e. The van der Waals surface area contributed by atoms with E-state index >= 15 is 0 Å². The molecule has 1 amide bonds. The lowest BCUT2D eigenvalue weighted by atomic mass is 10.1. The van der Waals surface area contributed by atoms with Crippen LogP contribution in [0.3, 0.4) is 0 Å². The molecule has 27 heavy (non-hydrogen) atoms. The number of carbonyl (C=O) groups is 2. The van der Waals surface area contributed by atoms with Gasteiger partial charge in [-0.25, -0.2) is 0 Å². The summed E-state index contributed by atoms with van der Waals surface area (Å²) in [6.07, 6.45) is 0.0970. The first kappa shape index (κ1) is 19.0. The molecule has 0 radical (unpaired) electrons. The number of hydrogen-bond acceptors (Lipinski definition) is 5. The molecule has 1 atom stereocenters. The van der Waals surface area contributed by atoms with Crippen LogP contribution in [0.5, 0.6) is 17.2 Å². The Hall–Kier alpha value is -2.73. The number of ether oxygens (including phenoxy) is 3. The van der Waals surface area contributed by atoms with Crippen LogP contribution in [0, 0.1) is 12.8 Å². The molecule has 6 nitrogen and oxygen atoms in total. The van der Waals surface area contributed by atoms with Crippen LogP contribution in [0.4, 0.5) is 5.69 Å². The first-order valence-electron chi connectivity index (χ1n) is 8.43. The first-order chi connectivity index (χ1) is 12.9. The van der Waals surface area contributed by atoms with Crippen molar-refractivity contribution >= 4 is 29.2 Å². The van der Waals surface area contributed by atoms with Gasteiger partial charge in [-0.2, -0.15) is 0 Å². The van der Waals surface area contributed by atoms with Crippen LogP contribution in [0.15, 0.2) is 36.4 Å². The lowest BCUT2D eigenvalue weighted by Gasteiger charge is -2.18. The molecule has 142 valence electrons. The highest BCUT2D eigenvalue weighted by atomic mass is 35.5. The molecule has 0 saturated carbocycles. The molecule has 1 heterocycles. The van der Waals surface area contributed by atoms with Crippen molar-refractivity contribution in [3.05, 3.63) is 47.0 Å². The Morgan fingerprint density at radius 3 is 2.44 bits per heavy atom. The summed E-state index contributed by atoms with van der Waals surface area (Å²) in [5.74, 6) is 0.420. The quantitative estimate of drug-likeness (QED) is 0.577. The Bertz CT molecular complexity index is 883. The number of hydrogen-bond donors (Lipinski definition) is 0. The molecule has 1 unspecified atom stereocenters. The van der Waals surface area contributed by atoms with E-state index in [1.54, 1.807) is 48.4 Å². The van der Waals surface area contributed by atoms with E-state index in [4.69, 9.17) is 25.8 Å². The number of methoxy groups -OCH3 is 2.